The first kappa shape index (κ1) is 19.3. The highest BCUT2D eigenvalue weighted by Crippen LogP contribution is 2.41. The van der Waals surface area contributed by atoms with Crippen LogP contribution in [0.4, 0.5) is 32.0 Å². The number of hydrogen-bond donors (Lipinski definition) is 3. The van der Waals surface area contributed by atoms with Crippen molar-refractivity contribution in [2.24, 2.45) is 10.9 Å². The lowest BCUT2D eigenvalue weighted by molar-refractivity contribution is -0.137. The van der Waals surface area contributed by atoms with E-state index in [1.54, 1.807) is 0 Å². The van der Waals surface area contributed by atoms with Crippen molar-refractivity contribution >= 4 is 34.2 Å². The molecule has 1 heterocycles. The Kier molecular flexibility index (Phi) is 4.92. The molecule has 0 saturated heterocycles. The van der Waals surface area contributed by atoms with Gasteiger partial charge in [-0.05, 0) is 24.1 Å². The van der Waals surface area contributed by atoms with Crippen LogP contribution in [0.1, 0.15) is 11.1 Å². The van der Waals surface area contributed by atoms with Crippen LogP contribution in [0.5, 0.6) is 0 Å². The van der Waals surface area contributed by atoms with Gasteiger partial charge >= 0.3 is 12.4 Å². The van der Waals surface area contributed by atoms with Crippen LogP contribution < -0.4 is 15.8 Å². The van der Waals surface area contributed by atoms with Crippen LogP contribution in [0.25, 0.3) is 16.6 Å². The van der Waals surface area contributed by atoms with E-state index < -0.39 is 28.5 Å². The minimum Gasteiger partial charge on any atom is -0.397 e. The number of nitrogens with zero attached hydrogens (tertiary/aromatic N) is 1. The van der Waals surface area contributed by atoms with E-state index in [9.17, 15) is 26.3 Å². The Morgan fingerprint density at radius 1 is 1.12 bits per heavy atom. The second kappa shape index (κ2) is 6.37. The lowest BCUT2D eigenvalue weighted by atomic mass is 10.0. The highest BCUT2D eigenvalue weighted by Gasteiger charge is 2.38. The second-order valence-electron chi connectivity index (χ2n) is 5.37. The van der Waals surface area contributed by atoms with Gasteiger partial charge in [0, 0.05) is 36.8 Å². The van der Waals surface area contributed by atoms with Gasteiger partial charge in [0.25, 0.3) is 0 Å². The van der Waals surface area contributed by atoms with E-state index >= 15 is 0 Å². The highest BCUT2D eigenvalue weighted by atomic mass is 32.2. The second-order valence-corrected chi connectivity index (χ2v) is 6.01. The number of aromatic nitrogens is 1. The molecule has 11 heteroatoms. The number of halogens is 6. The van der Waals surface area contributed by atoms with Crippen LogP contribution in [0.2, 0.25) is 0 Å². The summed E-state index contributed by atoms with van der Waals surface area (Å²) in [6.07, 6.45) is -8.37. The molecule has 138 valence electrons. The fourth-order valence-corrected chi connectivity index (χ4v) is 2.75. The fraction of sp³-hybridized carbons (Fsp3) is 0.286. The summed E-state index contributed by atoms with van der Waals surface area (Å²) in [5, 5.41) is 4.96. The smallest absolute Gasteiger partial charge is 0.397 e. The number of nitrogens with one attached hydrogen (secondary N) is 1. The predicted molar refractivity (Wildman–Crippen MR) is 86.6 cm³/mol. The quantitative estimate of drug-likeness (QED) is 0.552. The molecule has 0 unspecified atom stereocenters. The first-order valence-corrected chi connectivity index (χ1v) is 7.59. The van der Waals surface area contributed by atoms with Crippen LogP contribution >= 0.6 is 11.9 Å². The molecule has 0 aliphatic carbocycles. The molecule has 4 nitrogen and oxygen atoms in total. The predicted octanol–water partition coefficient (Wildman–Crippen LogP) is 4.05. The molecule has 1 aromatic carbocycles. The Morgan fingerprint density at radius 3 is 2.16 bits per heavy atom. The lowest BCUT2D eigenvalue weighted by Gasteiger charge is -2.20. The molecule has 0 radical (unpaired) electrons. The first-order chi connectivity index (χ1) is 11.4. The third-order valence-electron chi connectivity index (χ3n) is 3.50. The number of aromatic amines is 1. The summed E-state index contributed by atoms with van der Waals surface area (Å²) >= 11 is -0.105. The van der Waals surface area contributed by atoms with Crippen LogP contribution in [0, 0.1) is 0 Å². The summed E-state index contributed by atoms with van der Waals surface area (Å²) in [5.41, 5.74) is 3.73. The van der Waals surface area contributed by atoms with Crippen molar-refractivity contribution in [3.05, 3.63) is 34.4 Å². The Bertz CT molecular complexity index is 819. The van der Waals surface area contributed by atoms with Gasteiger partial charge in [0.05, 0.1) is 16.9 Å². The van der Waals surface area contributed by atoms with Gasteiger partial charge < -0.3 is 15.6 Å². The summed E-state index contributed by atoms with van der Waals surface area (Å²) in [4.78, 5) is 2.63. The summed E-state index contributed by atoms with van der Waals surface area (Å²) in [5.74, 6) is 0. The molecule has 0 bridgehead atoms. The first-order valence-electron chi connectivity index (χ1n) is 6.71. The highest BCUT2D eigenvalue weighted by molar-refractivity contribution is 8.01. The lowest BCUT2D eigenvalue weighted by Crippen LogP contribution is -2.17. The van der Waals surface area contributed by atoms with E-state index in [-0.39, 0.29) is 34.1 Å². The van der Waals surface area contributed by atoms with Crippen LogP contribution in [0.3, 0.4) is 0 Å². The molecule has 2 aromatic rings. The Hall–Kier alpha value is -2.01. The van der Waals surface area contributed by atoms with Crippen molar-refractivity contribution in [2.75, 3.05) is 19.0 Å². The van der Waals surface area contributed by atoms with E-state index in [0.717, 1.165) is 12.3 Å². The zero-order valence-corrected chi connectivity index (χ0v) is 13.8. The van der Waals surface area contributed by atoms with Crippen LogP contribution in [-0.2, 0) is 6.18 Å². The third kappa shape index (κ3) is 3.66. The average molecular weight is 384 g/mol. The van der Waals surface area contributed by atoms with Gasteiger partial charge in [-0.2, -0.15) is 26.3 Å². The molecule has 0 aliphatic heterocycles. The number of allylic oxidation sites excluding steroid dienone is 1. The number of benzene rings is 1. The molecule has 0 aliphatic rings. The van der Waals surface area contributed by atoms with Gasteiger partial charge in [-0.1, -0.05) is 0 Å². The van der Waals surface area contributed by atoms with Gasteiger partial charge in [0.1, 0.15) is 4.91 Å². The van der Waals surface area contributed by atoms with E-state index in [2.05, 4.69) is 4.98 Å². The molecular weight excluding hydrogens is 370 g/mol. The van der Waals surface area contributed by atoms with Crippen molar-refractivity contribution in [1.29, 1.82) is 0 Å². The maximum atomic E-state index is 13.3. The molecule has 5 N–H and O–H groups in total. The zero-order valence-electron chi connectivity index (χ0n) is 13.0. The Balaban J connectivity index is 2.80. The van der Waals surface area contributed by atoms with Crippen molar-refractivity contribution in [3.8, 4) is 0 Å². The van der Waals surface area contributed by atoms with E-state index in [1.165, 1.54) is 25.1 Å². The zero-order chi connectivity index (χ0) is 19.2. The van der Waals surface area contributed by atoms with Crippen molar-refractivity contribution < 1.29 is 26.3 Å². The summed E-state index contributed by atoms with van der Waals surface area (Å²) in [6, 6.07) is 1.98. The van der Waals surface area contributed by atoms with Crippen molar-refractivity contribution in [1.82, 2.24) is 4.98 Å². The largest absolute Gasteiger partial charge is 0.425 e. The minimum absolute atomic E-state index is 0.0776. The summed E-state index contributed by atoms with van der Waals surface area (Å²) in [7, 11) is 2.86. The minimum atomic E-state index is -4.82. The maximum absolute atomic E-state index is 13.3. The molecule has 0 atom stereocenters. The van der Waals surface area contributed by atoms with Crippen molar-refractivity contribution in [3.63, 3.8) is 0 Å². The molecule has 0 saturated carbocycles. The average Bonchev–Trinajstić information content (AvgIpc) is 2.86. The van der Waals surface area contributed by atoms with Gasteiger partial charge in [0.15, 0.2) is 0 Å². The number of fused-ring (bicyclic) bond motifs is 1. The number of nitrogens with two attached hydrogens (primary N) is 2. The standard InChI is InChI=1S/C14H14F6N4S/c1-24(2)10-4-9-6(3-8(10)13(15,16)17)7(5-23-9)11(21)12(25-22)14(18,19)20/h3-5,23H,21-22H2,1-2H3/b12-11-. The summed E-state index contributed by atoms with van der Waals surface area (Å²) < 4.78 is 78.8. The number of hydrogen-bond acceptors (Lipinski definition) is 4. The van der Waals surface area contributed by atoms with Gasteiger partial charge in [-0.15, -0.1) is 0 Å². The number of anilines is 1. The molecule has 2 rings (SSSR count). The Morgan fingerprint density at radius 2 is 1.72 bits per heavy atom. The van der Waals surface area contributed by atoms with Crippen LogP contribution in [-0.4, -0.2) is 25.3 Å². The van der Waals surface area contributed by atoms with Crippen molar-refractivity contribution in [2.45, 2.75) is 12.4 Å². The molecule has 0 fully saturated rings. The van der Waals surface area contributed by atoms with Gasteiger partial charge in [0.2, 0.25) is 0 Å². The van der Waals surface area contributed by atoms with E-state index in [1.807, 2.05) is 0 Å². The molecule has 0 amide bonds. The molecule has 25 heavy (non-hydrogen) atoms. The topological polar surface area (TPSA) is 71.1 Å². The molecule has 0 spiro atoms. The maximum Gasteiger partial charge on any atom is 0.425 e. The molecule has 1 aromatic heterocycles. The number of H-pyrrole nitrogens is 1. The number of alkyl halides is 6. The van der Waals surface area contributed by atoms with E-state index in [0.29, 0.717) is 0 Å². The van der Waals surface area contributed by atoms with Gasteiger partial charge in [-0.3, -0.25) is 5.14 Å². The fourth-order valence-electron chi connectivity index (χ4n) is 2.38. The van der Waals surface area contributed by atoms with E-state index in [4.69, 9.17) is 10.9 Å². The Labute approximate surface area is 143 Å². The number of rotatable bonds is 3. The normalized spacial score (nSPS) is 14.0. The summed E-state index contributed by atoms with van der Waals surface area (Å²) in [6.45, 7) is 0. The third-order valence-corrected chi connectivity index (χ3v) is 4.18. The monoisotopic (exact) mass is 384 g/mol. The molecular formula is C14H14F6N4S. The van der Waals surface area contributed by atoms with Crippen LogP contribution in [0.15, 0.2) is 23.2 Å². The SMILES string of the molecule is CN(C)c1cc2[nH]cc(/C(N)=C(/SN)C(F)(F)F)c2cc1C(F)(F)F. The van der Waals surface area contributed by atoms with Gasteiger partial charge in [-0.25, -0.2) is 0 Å².